The fourth-order valence-electron chi connectivity index (χ4n) is 3.00. The van der Waals surface area contributed by atoms with Crippen LogP contribution in [-0.4, -0.2) is 49.4 Å². The van der Waals surface area contributed by atoms with E-state index in [1.807, 2.05) is 0 Å². The normalized spacial score (nSPS) is 25.1. The Morgan fingerprint density at radius 1 is 1.11 bits per heavy atom. The second-order valence-electron chi connectivity index (χ2n) is 6.21. The minimum atomic E-state index is -1.49. The number of aromatic nitrogens is 2. The summed E-state index contributed by atoms with van der Waals surface area (Å²) in [6.45, 7) is -0.747. The largest absolute Gasteiger partial charge is 0.394 e. The van der Waals surface area contributed by atoms with Crippen molar-refractivity contribution in [3.63, 3.8) is 0 Å². The molecule has 2 unspecified atom stereocenters. The van der Waals surface area contributed by atoms with Crippen molar-refractivity contribution in [2.75, 3.05) is 6.61 Å². The standard InChI is InChI=1S/C17H18F2N2O6/c18-10-2-1-9(11(19)7-10)3-5-20-13(23)4-6-21(17(20)26)16-15(25)14(24)12(8-22)27-16/h1-2,4,6-7,12,14-16,22,24-25H,3,5,8H2/t12-,14?,15?,16-/m1/s1. The smallest absolute Gasteiger partial charge is 0.333 e. The second-order valence-corrected chi connectivity index (χ2v) is 6.21. The number of halogens is 2. The minimum absolute atomic E-state index is 0.0404. The van der Waals surface area contributed by atoms with E-state index in [4.69, 9.17) is 9.84 Å². The maximum Gasteiger partial charge on any atom is 0.333 e. The van der Waals surface area contributed by atoms with Crippen LogP contribution < -0.4 is 11.2 Å². The van der Waals surface area contributed by atoms with E-state index in [1.165, 1.54) is 6.07 Å². The molecule has 0 bridgehead atoms. The second kappa shape index (κ2) is 7.69. The zero-order valence-corrected chi connectivity index (χ0v) is 14.0. The lowest BCUT2D eigenvalue weighted by atomic mass is 10.1. The zero-order valence-electron chi connectivity index (χ0n) is 14.0. The molecule has 1 aromatic carbocycles. The summed E-state index contributed by atoms with van der Waals surface area (Å²) in [5.74, 6) is -1.53. The number of nitrogens with zero attached hydrogens (tertiary/aromatic N) is 2. The Bertz CT molecular complexity index is 944. The minimum Gasteiger partial charge on any atom is -0.394 e. The van der Waals surface area contributed by atoms with Gasteiger partial charge in [0.05, 0.1) is 6.61 Å². The van der Waals surface area contributed by atoms with Crippen LogP contribution in [0.4, 0.5) is 8.78 Å². The summed E-state index contributed by atoms with van der Waals surface area (Å²) in [5, 5.41) is 29.0. The van der Waals surface area contributed by atoms with Crippen LogP contribution in [-0.2, 0) is 17.7 Å². The highest BCUT2D eigenvalue weighted by atomic mass is 19.1. The van der Waals surface area contributed by atoms with Gasteiger partial charge in [-0.2, -0.15) is 0 Å². The molecule has 1 aliphatic heterocycles. The van der Waals surface area contributed by atoms with Gasteiger partial charge in [0.25, 0.3) is 5.56 Å². The molecule has 0 amide bonds. The Morgan fingerprint density at radius 2 is 1.85 bits per heavy atom. The van der Waals surface area contributed by atoms with E-state index in [9.17, 15) is 28.6 Å². The first-order valence-corrected chi connectivity index (χ1v) is 8.22. The molecule has 3 N–H and O–H groups in total. The summed E-state index contributed by atoms with van der Waals surface area (Å²) in [7, 11) is 0. The first-order valence-electron chi connectivity index (χ1n) is 8.22. The fraction of sp³-hybridized carbons (Fsp3) is 0.412. The number of hydrogen-bond acceptors (Lipinski definition) is 6. The van der Waals surface area contributed by atoms with Crippen LogP contribution >= 0.6 is 0 Å². The van der Waals surface area contributed by atoms with Crippen LogP contribution in [0.15, 0.2) is 40.1 Å². The number of aryl methyl sites for hydroxylation is 1. The van der Waals surface area contributed by atoms with Gasteiger partial charge < -0.3 is 20.1 Å². The Morgan fingerprint density at radius 3 is 2.48 bits per heavy atom. The molecule has 0 aliphatic carbocycles. The van der Waals surface area contributed by atoms with Crippen molar-refractivity contribution < 1.29 is 28.8 Å². The van der Waals surface area contributed by atoms with E-state index in [1.54, 1.807) is 0 Å². The highest BCUT2D eigenvalue weighted by molar-refractivity contribution is 5.18. The van der Waals surface area contributed by atoms with E-state index in [2.05, 4.69) is 0 Å². The van der Waals surface area contributed by atoms with Gasteiger partial charge in [-0.1, -0.05) is 6.07 Å². The molecule has 1 fully saturated rings. The monoisotopic (exact) mass is 384 g/mol. The van der Waals surface area contributed by atoms with Crippen LogP contribution in [0.3, 0.4) is 0 Å². The van der Waals surface area contributed by atoms with Crippen LogP contribution in [0.5, 0.6) is 0 Å². The van der Waals surface area contributed by atoms with Crippen molar-refractivity contribution in [3.8, 4) is 0 Å². The molecule has 1 aliphatic rings. The van der Waals surface area contributed by atoms with E-state index in [0.29, 0.717) is 6.07 Å². The van der Waals surface area contributed by atoms with Gasteiger partial charge in [0.1, 0.15) is 29.9 Å². The van der Waals surface area contributed by atoms with Crippen molar-refractivity contribution in [2.24, 2.45) is 0 Å². The van der Waals surface area contributed by atoms with Crippen LogP contribution in [0, 0.1) is 11.6 Å². The third-order valence-corrected chi connectivity index (χ3v) is 4.51. The zero-order chi connectivity index (χ0) is 19.7. The van der Waals surface area contributed by atoms with Crippen LogP contribution in [0.2, 0.25) is 0 Å². The molecule has 0 radical (unpaired) electrons. The van der Waals surface area contributed by atoms with E-state index < -0.39 is 54.0 Å². The van der Waals surface area contributed by atoms with Gasteiger partial charge in [0, 0.05) is 24.9 Å². The van der Waals surface area contributed by atoms with Crippen LogP contribution in [0.25, 0.3) is 0 Å². The maximum atomic E-state index is 13.7. The first-order chi connectivity index (χ1) is 12.8. The van der Waals surface area contributed by atoms with E-state index in [0.717, 1.165) is 27.5 Å². The fourth-order valence-corrected chi connectivity index (χ4v) is 3.00. The van der Waals surface area contributed by atoms with Gasteiger partial charge in [0.2, 0.25) is 0 Å². The van der Waals surface area contributed by atoms with Crippen molar-refractivity contribution in [1.82, 2.24) is 9.13 Å². The molecule has 1 aromatic heterocycles. The summed E-state index contributed by atoms with van der Waals surface area (Å²) >= 11 is 0. The molecular weight excluding hydrogens is 366 g/mol. The summed E-state index contributed by atoms with van der Waals surface area (Å²) in [6, 6.07) is 4.07. The quantitative estimate of drug-likeness (QED) is 0.618. The van der Waals surface area contributed by atoms with Gasteiger partial charge in [-0.05, 0) is 18.1 Å². The molecule has 2 aromatic rings. The molecule has 1 saturated heterocycles. The number of benzene rings is 1. The van der Waals surface area contributed by atoms with Gasteiger partial charge in [-0.15, -0.1) is 0 Å². The molecule has 8 nitrogen and oxygen atoms in total. The number of rotatable bonds is 5. The molecule has 0 spiro atoms. The molecule has 2 heterocycles. The van der Waals surface area contributed by atoms with E-state index in [-0.39, 0.29) is 18.5 Å². The topological polar surface area (TPSA) is 114 Å². The Balaban J connectivity index is 1.88. The summed E-state index contributed by atoms with van der Waals surface area (Å²) in [6.07, 6.45) is -4.19. The molecule has 3 rings (SSSR count). The summed E-state index contributed by atoms with van der Waals surface area (Å²) in [4.78, 5) is 24.7. The Kier molecular flexibility index (Phi) is 5.51. The lowest BCUT2D eigenvalue weighted by molar-refractivity contribution is -0.0556. The molecular formula is C17H18F2N2O6. The highest BCUT2D eigenvalue weighted by Gasteiger charge is 2.43. The predicted octanol–water partition coefficient (Wildman–Crippen LogP) is -0.858. The maximum absolute atomic E-state index is 13.7. The number of hydrogen-bond donors (Lipinski definition) is 3. The van der Waals surface area contributed by atoms with Gasteiger partial charge in [0.15, 0.2) is 6.23 Å². The van der Waals surface area contributed by atoms with E-state index >= 15 is 0 Å². The summed E-state index contributed by atoms with van der Waals surface area (Å²) < 4.78 is 33.7. The molecule has 4 atom stereocenters. The van der Waals surface area contributed by atoms with Crippen molar-refractivity contribution in [2.45, 2.75) is 37.5 Å². The Hall–Kier alpha value is -2.40. The third kappa shape index (κ3) is 3.69. The average molecular weight is 384 g/mol. The Labute approximate surface area is 151 Å². The highest BCUT2D eigenvalue weighted by Crippen LogP contribution is 2.27. The predicted molar refractivity (Wildman–Crippen MR) is 88.0 cm³/mol. The lowest BCUT2D eigenvalue weighted by Gasteiger charge is -2.18. The molecule has 146 valence electrons. The van der Waals surface area contributed by atoms with Gasteiger partial charge >= 0.3 is 5.69 Å². The molecule has 27 heavy (non-hydrogen) atoms. The molecule has 10 heteroatoms. The van der Waals surface area contributed by atoms with Gasteiger partial charge in [-0.3, -0.25) is 13.9 Å². The van der Waals surface area contributed by atoms with Gasteiger partial charge in [-0.25, -0.2) is 13.6 Å². The van der Waals surface area contributed by atoms with Crippen molar-refractivity contribution >= 4 is 0 Å². The third-order valence-electron chi connectivity index (χ3n) is 4.51. The number of aliphatic hydroxyl groups is 3. The lowest BCUT2D eigenvalue weighted by Crippen LogP contribution is -2.43. The first kappa shape index (κ1) is 19.4. The SMILES string of the molecule is O=c1ccn([C@@H]2O[C@H](CO)C(O)C2O)c(=O)n1CCc1ccc(F)cc1F. The van der Waals surface area contributed by atoms with Crippen molar-refractivity contribution in [1.29, 1.82) is 0 Å². The van der Waals surface area contributed by atoms with Crippen LogP contribution in [0.1, 0.15) is 11.8 Å². The van der Waals surface area contributed by atoms with Crippen molar-refractivity contribution in [3.05, 3.63) is 68.5 Å². The average Bonchev–Trinajstić information content (AvgIpc) is 2.91. The number of ether oxygens (including phenoxy) is 1. The molecule has 0 saturated carbocycles. The number of aliphatic hydroxyl groups excluding tert-OH is 3. The summed E-state index contributed by atoms with van der Waals surface area (Å²) in [5.41, 5.74) is -1.35.